The monoisotopic (exact) mass is 392 g/mol. The van der Waals surface area contributed by atoms with Crippen LogP contribution in [-0.4, -0.2) is 30.5 Å². The summed E-state index contributed by atoms with van der Waals surface area (Å²) in [6.45, 7) is 1.81. The lowest BCUT2D eigenvalue weighted by molar-refractivity contribution is -0.112. The van der Waals surface area contributed by atoms with Crippen LogP contribution in [0, 0.1) is 0 Å². The van der Waals surface area contributed by atoms with Crippen molar-refractivity contribution in [3.8, 4) is 0 Å². The maximum atomic E-state index is 10.6. The highest BCUT2D eigenvalue weighted by molar-refractivity contribution is 5.15. The third-order valence-electron chi connectivity index (χ3n) is 4.53. The van der Waals surface area contributed by atoms with E-state index in [-0.39, 0.29) is 13.2 Å². The fraction of sp³-hybridized carbons (Fsp3) is 0.280. The Labute approximate surface area is 172 Å². The van der Waals surface area contributed by atoms with Gasteiger partial charge in [-0.05, 0) is 16.7 Å². The van der Waals surface area contributed by atoms with E-state index in [4.69, 9.17) is 14.2 Å². The average molecular weight is 392 g/mol. The van der Waals surface area contributed by atoms with E-state index in [0.717, 1.165) is 16.7 Å². The summed E-state index contributed by atoms with van der Waals surface area (Å²) in [6.07, 6.45) is -1.26. The van der Waals surface area contributed by atoms with Gasteiger partial charge in [-0.3, -0.25) is 0 Å². The van der Waals surface area contributed by atoms with Crippen LogP contribution in [0.3, 0.4) is 0 Å². The molecule has 0 bridgehead atoms. The minimum atomic E-state index is -0.779. The number of hydrogen-bond acceptors (Lipinski definition) is 4. The maximum absolute atomic E-state index is 10.6. The molecule has 0 saturated carbocycles. The fourth-order valence-electron chi connectivity index (χ4n) is 2.89. The van der Waals surface area contributed by atoms with Crippen molar-refractivity contribution in [2.24, 2.45) is 0 Å². The van der Waals surface area contributed by atoms with E-state index >= 15 is 0 Å². The molecule has 0 aliphatic carbocycles. The van der Waals surface area contributed by atoms with Crippen molar-refractivity contribution in [2.45, 2.75) is 32.0 Å². The van der Waals surface area contributed by atoms with Crippen LogP contribution in [0.25, 0.3) is 0 Å². The summed E-state index contributed by atoms with van der Waals surface area (Å²) in [5, 5.41) is 10.6. The third-order valence-corrected chi connectivity index (χ3v) is 4.53. The molecule has 0 aliphatic heterocycles. The lowest BCUT2D eigenvalue weighted by Gasteiger charge is -2.23. The summed E-state index contributed by atoms with van der Waals surface area (Å²) in [6, 6.07) is 29.8. The smallest absolute Gasteiger partial charge is 0.109 e. The van der Waals surface area contributed by atoms with E-state index in [9.17, 15) is 5.11 Å². The molecule has 0 aliphatic rings. The Morgan fingerprint density at radius 3 is 1.45 bits per heavy atom. The molecule has 0 heterocycles. The fourth-order valence-corrected chi connectivity index (χ4v) is 2.89. The quantitative estimate of drug-likeness (QED) is 0.497. The first-order valence-electron chi connectivity index (χ1n) is 9.88. The highest BCUT2D eigenvalue weighted by Gasteiger charge is 2.21. The molecule has 0 unspecified atom stereocenters. The zero-order valence-corrected chi connectivity index (χ0v) is 16.5. The van der Waals surface area contributed by atoms with Gasteiger partial charge >= 0.3 is 0 Å². The van der Waals surface area contributed by atoms with Crippen LogP contribution in [0.15, 0.2) is 91.0 Å². The summed E-state index contributed by atoms with van der Waals surface area (Å²) in [7, 11) is 0. The van der Waals surface area contributed by atoms with Gasteiger partial charge < -0.3 is 19.3 Å². The zero-order chi connectivity index (χ0) is 20.2. The Morgan fingerprint density at radius 1 is 0.552 bits per heavy atom. The van der Waals surface area contributed by atoms with Crippen molar-refractivity contribution in [1.29, 1.82) is 0 Å². The standard InChI is InChI=1S/C25H28O4/c26-24(19-27-16-21-10-4-1-5-11-21)25(29-18-23-14-8-3-9-15-23)20-28-17-22-12-6-2-7-13-22/h1-15,24-26H,16-20H2/t24-,25+/m0/s1. The largest absolute Gasteiger partial charge is 0.388 e. The minimum Gasteiger partial charge on any atom is -0.388 e. The van der Waals surface area contributed by atoms with E-state index in [1.165, 1.54) is 0 Å². The molecule has 4 heteroatoms. The van der Waals surface area contributed by atoms with E-state index < -0.39 is 12.2 Å². The molecule has 3 aromatic rings. The number of aliphatic hydroxyl groups excluding tert-OH is 1. The van der Waals surface area contributed by atoms with Crippen molar-refractivity contribution in [1.82, 2.24) is 0 Å². The van der Waals surface area contributed by atoms with Crippen molar-refractivity contribution in [3.05, 3.63) is 108 Å². The summed E-state index contributed by atoms with van der Waals surface area (Å²) < 4.78 is 17.5. The molecule has 3 rings (SSSR count). The molecular weight excluding hydrogens is 364 g/mol. The minimum absolute atomic E-state index is 0.184. The van der Waals surface area contributed by atoms with E-state index in [1.807, 2.05) is 91.0 Å². The van der Waals surface area contributed by atoms with Crippen LogP contribution in [0.1, 0.15) is 16.7 Å². The van der Waals surface area contributed by atoms with Gasteiger partial charge in [0.15, 0.2) is 0 Å². The second kappa shape index (κ2) is 12.1. The Balaban J connectivity index is 1.50. The van der Waals surface area contributed by atoms with E-state index in [1.54, 1.807) is 0 Å². The molecule has 0 radical (unpaired) electrons. The number of benzene rings is 3. The van der Waals surface area contributed by atoms with Gasteiger partial charge in [0.1, 0.15) is 12.2 Å². The van der Waals surface area contributed by atoms with Gasteiger partial charge in [0.2, 0.25) is 0 Å². The zero-order valence-electron chi connectivity index (χ0n) is 16.5. The first-order valence-corrected chi connectivity index (χ1v) is 9.88. The van der Waals surface area contributed by atoms with Crippen LogP contribution < -0.4 is 0 Å². The summed E-state index contributed by atoms with van der Waals surface area (Å²) in [4.78, 5) is 0. The van der Waals surface area contributed by atoms with E-state index in [0.29, 0.717) is 19.8 Å². The molecule has 152 valence electrons. The Hall–Kier alpha value is -2.50. The lowest BCUT2D eigenvalue weighted by Crippen LogP contribution is -2.36. The molecule has 0 saturated heterocycles. The molecule has 29 heavy (non-hydrogen) atoms. The number of ether oxygens (including phenoxy) is 3. The molecule has 0 fully saturated rings. The Bertz CT molecular complexity index is 793. The van der Waals surface area contributed by atoms with Crippen molar-refractivity contribution in [2.75, 3.05) is 13.2 Å². The normalized spacial score (nSPS) is 13.1. The average Bonchev–Trinajstić information content (AvgIpc) is 2.78. The molecule has 1 N–H and O–H groups in total. The van der Waals surface area contributed by atoms with Crippen LogP contribution in [0.5, 0.6) is 0 Å². The van der Waals surface area contributed by atoms with Gasteiger partial charge in [0.05, 0.1) is 33.0 Å². The predicted octanol–water partition coefficient (Wildman–Crippen LogP) is 4.37. The topological polar surface area (TPSA) is 47.9 Å². The molecule has 0 spiro atoms. The van der Waals surface area contributed by atoms with Gasteiger partial charge in [0, 0.05) is 0 Å². The third kappa shape index (κ3) is 7.80. The first-order chi connectivity index (χ1) is 14.3. The van der Waals surface area contributed by atoms with E-state index in [2.05, 4.69) is 0 Å². The van der Waals surface area contributed by atoms with Crippen LogP contribution in [-0.2, 0) is 34.0 Å². The predicted molar refractivity (Wildman–Crippen MR) is 113 cm³/mol. The van der Waals surface area contributed by atoms with Gasteiger partial charge in [-0.1, -0.05) is 91.0 Å². The lowest BCUT2D eigenvalue weighted by atomic mass is 10.2. The van der Waals surface area contributed by atoms with Crippen molar-refractivity contribution >= 4 is 0 Å². The Kier molecular flexibility index (Phi) is 8.88. The molecular formula is C25H28O4. The summed E-state index contributed by atoms with van der Waals surface area (Å²) in [5.41, 5.74) is 3.21. The second-order valence-corrected chi connectivity index (χ2v) is 6.90. The molecule has 0 amide bonds. The highest BCUT2D eigenvalue weighted by atomic mass is 16.5. The summed E-state index contributed by atoms with van der Waals surface area (Å²) >= 11 is 0. The van der Waals surface area contributed by atoms with Crippen molar-refractivity contribution < 1.29 is 19.3 Å². The number of hydrogen-bond donors (Lipinski definition) is 1. The van der Waals surface area contributed by atoms with Crippen LogP contribution in [0.2, 0.25) is 0 Å². The number of rotatable bonds is 12. The number of aliphatic hydroxyl groups is 1. The molecule has 3 aromatic carbocycles. The highest BCUT2D eigenvalue weighted by Crippen LogP contribution is 2.10. The Morgan fingerprint density at radius 2 is 0.966 bits per heavy atom. The molecule has 4 nitrogen and oxygen atoms in total. The molecule has 0 aromatic heterocycles. The molecule has 2 atom stereocenters. The maximum Gasteiger partial charge on any atom is 0.109 e. The van der Waals surface area contributed by atoms with Gasteiger partial charge in [0.25, 0.3) is 0 Å². The SMILES string of the molecule is O[C@@H](COCc1ccccc1)[C@@H](COCc1ccccc1)OCc1ccccc1. The van der Waals surface area contributed by atoms with Gasteiger partial charge in [-0.2, -0.15) is 0 Å². The van der Waals surface area contributed by atoms with Gasteiger partial charge in [-0.15, -0.1) is 0 Å². The second-order valence-electron chi connectivity index (χ2n) is 6.90. The van der Waals surface area contributed by atoms with Gasteiger partial charge in [-0.25, -0.2) is 0 Å². The first kappa shape index (κ1) is 21.2. The summed E-state index contributed by atoms with van der Waals surface area (Å²) in [5.74, 6) is 0. The van der Waals surface area contributed by atoms with Crippen LogP contribution >= 0.6 is 0 Å². The van der Waals surface area contributed by atoms with Crippen LogP contribution in [0.4, 0.5) is 0 Å². The van der Waals surface area contributed by atoms with Crippen molar-refractivity contribution in [3.63, 3.8) is 0 Å².